The van der Waals surface area contributed by atoms with Crippen LogP contribution >= 0.6 is 0 Å². The summed E-state index contributed by atoms with van der Waals surface area (Å²) in [5.74, 6) is 1.03. The smallest absolute Gasteiger partial charge is 0.159 e. The third kappa shape index (κ3) is 1.46. The Morgan fingerprint density at radius 3 is 2.48 bits per heavy atom. The molecule has 3 aromatic carbocycles. The van der Waals surface area contributed by atoms with Crippen LogP contribution in [0.25, 0.3) is 44.1 Å². The topological polar surface area (TPSA) is 28.9 Å². The number of furan rings is 1. The molecule has 0 amide bonds. The summed E-state index contributed by atoms with van der Waals surface area (Å²) in [7, 11) is 0. The summed E-state index contributed by atoms with van der Waals surface area (Å²) in [5, 5.41) is 3.69. The molecule has 2 aromatic heterocycles. The van der Waals surface area contributed by atoms with E-state index in [1.807, 2.05) is 0 Å². The van der Waals surface area contributed by atoms with Gasteiger partial charge in [0.1, 0.15) is 5.76 Å². The average Bonchev–Trinajstić information content (AvgIpc) is 3.25. The molecule has 1 N–H and O–H groups in total. The summed E-state index contributed by atoms with van der Waals surface area (Å²) in [4.78, 5) is 3.57. The minimum absolute atomic E-state index is 0.0448. The highest BCUT2D eigenvalue weighted by atomic mass is 16.3. The molecule has 120 valence electrons. The maximum absolute atomic E-state index is 6.48. The van der Waals surface area contributed by atoms with E-state index in [1.54, 1.807) is 0 Å². The molecular weight excluding hydrogens is 306 g/mol. The van der Waals surface area contributed by atoms with Crippen molar-refractivity contribution in [3.63, 3.8) is 0 Å². The predicted octanol–water partition coefficient (Wildman–Crippen LogP) is 6.37. The first-order valence-corrected chi connectivity index (χ1v) is 8.72. The molecule has 0 aliphatic heterocycles. The van der Waals surface area contributed by atoms with Gasteiger partial charge in [-0.15, -0.1) is 0 Å². The largest absolute Gasteiger partial charge is 0.454 e. The summed E-state index contributed by atoms with van der Waals surface area (Å²) in [5.41, 5.74) is 7.06. The Kier molecular flexibility index (Phi) is 2.21. The van der Waals surface area contributed by atoms with E-state index in [1.165, 1.54) is 32.8 Å². The third-order valence-electron chi connectivity index (χ3n) is 5.81. The lowest BCUT2D eigenvalue weighted by Crippen LogP contribution is -2.14. The molecular formula is C23H17NO. The molecule has 2 heteroatoms. The monoisotopic (exact) mass is 323 g/mol. The van der Waals surface area contributed by atoms with E-state index in [0.717, 1.165) is 22.4 Å². The fourth-order valence-electron chi connectivity index (χ4n) is 4.64. The number of hydrogen-bond donors (Lipinski definition) is 1. The average molecular weight is 323 g/mol. The zero-order chi connectivity index (χ0) is 16.8. The first-order chi connectivity index (χ1) is 12.2. The zero-order valence-electron chi connectivity index (χ0n) is 14.2. The van der Waals surface area contributed by atoms with Crippen LogP contribution in [0.2, 0.25) is 0 Å². The lowest BCUT2D eigenvalue weighted by molar-refractivity contribution is 0.621. The number of aromatic nitrogens is 1. The number of hydrogen-bond acceptors (Lipinski definition) is 1. The van der Waals surface area contributed by atoms with Crippen molar-refractivity contribution in [1.29, 1.82) is 0 Å². The Morgan fingerprint density at radius 2 is 1.56 bits per heavy atom. The molecule has 0 fully saturated rings. The first-order valence-electron chi connectivity index (χ1n) is 8.72. The Hall–Kier alpha value is -3.00. The minimum atomic E-state index is -0.0448. The second-order valence-corrected chi connectivity index (χ2v) is 7.51. The molecule has 2 heterocycles. The van der Waals surface area contributed by atoms with Gasteiger partial charge in [0.2, 0.25) is 0 Å². The molecule has 0 radical (unpaired) electrons. The van der Waals surface area contributed by atoms with Gasteiger partial charge in [-0.1, -0.05) is 68.4 Å². The molecule has 0 bridgehead atoms. The third-order valence-corrected chi connectivity index (χ3v) is 5.81. The minimum Gasteiger partial charge on any atom is -0.454 e. The lowest BCUT2D eigenvalue weighted by atomic mass is 9.81. The molecule has 1 aliphatic rings. The number of benzene rings is 3. The first kappa shape index (κ1) is 13.3. The van der Waals surface area contributed by atoms with E-state index in [9.17, 15) is 0 Å². The maximum atomic E-state index is 6.48. The molecule has 6 rings (SSSR count). The van der Waals surface area contributed by atoms with E-state index in [2.05, 4.69) is 79.5 Å². The highest BCUT2D eigenvalue weighted by molar-refractivity contribution is 6.17. The van der Waals surface area contributed by atoms with Crippen molar-refractivity contribution >= 4 is 32.8 Å². The number of nitrogens with one attached hydrogen (secondary N) is 1. The van der Waals surface area contributed by atoms with Crippen LogP contribution < -0.4 is 0 Å². The van der Waals surface area contributed by atoms with Gasteiger partial charge in [-0.2, -0.15) is 0 Å². The van der Waals surface area contributed by atoms with E-state index in [0.29, 0.717) is 0 Å². The molecule has 0 saturated carbocycles. The van der Waals surface area contributed by atoms with Crippen LogP contribution in [0, 0.1) is 0 Å². The van der Waals surface area contributed by atoms with Crippen LogP contribution in [0.15, 0.2) is 65.1 Å². The van der Waals surface area contributed by atoms with Gasteiger partial charge in [0.25, 0.3) is 0 Å². The standard InChI is InChI=1S/C23H17NO/c1-23(2)17-9-5-3-8-15(17)21-19(23)16-12-11-14-13-7-4-6-10-18(13)24-20(14)22(16)25-21/h3-12,24H,1-2H3. The SMILES string of the molecule is CC1(C)c2ccccc2-c2oc3c(ccc4c5ccccc5[nH]c43)c21. The second kappa shape index (κ2) is 4.15. The summed E-state index contributed by atoms with van der Waals surface area (Å²) < 4.78 is 6.48. The Bertz CT molecular complexity index is 1320. The fourth-order valence-corrected chi connectivity index (χ4v) is 4.64. The van der Waals surface area contributed by atoms with Crippen molar-refractivity contribution in [2.75, 3.05) is 0 Å². The number of aromatic amines is 1. The van der Waals surface area contributed by atoms with Crippen molar-refractivity contribution in [2.45, 2.75) is 19.3 Å². The Morgan fingerprint density at radius 1 is 0.800 bits per heavy atom. The Balaban J connectivity index is 1.81. The van der Waals surface area contributed by atoms with E-state index < -0.39 is 0 Å². The van der Waals surface area contributed by atoms with Gasteiger partial charge in [0, 0.05) is 38.2 Å². The van der Waals surface area contributed by atoms with Gasteiger partial charge in [0.05, 0.1) is 5.52 Å². The molecule has 1 aliphatic carbocycles. The van der Waals surface area contributed by atoms with Crippen LogP contribution in [0.1, 0.15) is 25.0 Å². The number of para-hydroxylation sites is 1. The van der Waals surface area contributed by atoms with Crippen LogP contribution in [-0.2, 0) is 5.41 Å². The summed E-state index contributed by atoms with van der Waals surface area (Å²) >= 11 is 0. The quantitative estimate of drug-likeness (QED) is 0.352. The highest BCUT2D eigenvalue weighted by Gasteiger charge is 2.40. The second-order valence-electron chi connectivity index (χ2n) is 7.51. The number of fused-ring (bicyclic) bond motifs is 9. The summed E-state index contributed by atoms with van der Waals surface area (Å²) in [6, 6.07) is 21.5. The van der Waals surface area contributed by atoms with Crippen molar-refractivity contribution in [3.8, 4) is 11.3 Å². The fraction of sp³-hybridized carbons (Fsp3) is 0.130. The molecule has 0 spiro atoms. The number of rotatable bonds is 0. The van der Waals surface area contributed by atoms with Crippen LogP contribution in [0.5, 0.6) is 0 Å². The normalized spacial score (nSPS) is 15.1. The molecule has 25 heavy (non-hydrogen) atoms. The van der Waals surface area contributed by atoms with Crippen molar-refractivity contribution in [3.05, 3.63) is 71.8 Å². The molecule has 2 nitrogen and oxygen atoms in total. The zero-order valence-corrected chi connectivity index (χ0v) is 14.2. The predicted molar refractivity (Wildman–Crippen MR) is 103 cm³/mol. The van der Waals surface area contributed by atoms with E-state index in [-0.39, 0.29) is 5.41 Å². The van der Waals surface area contributed by atoms with Gasteiger partial charge in [-0.3, -0.25) is 0 Å². The molecule has 0 saturated heterocycles. The number of H-pyrrole nitrogens is 1. The van der Waals surface area contributed by atoms with E-state index >= 15 is 0 Å². The van der Waals surface area contributed by atoms with Gasteiger partial charge < -0.3 is 9.40 Å². The van der Waals surface area contributed by atoms with Crippen molar-refractivity contribution in [2.24, 2.45) is 0 Å². The Labute approximate surface area is 145 Å². The lowest BCUT2D eigenvalue weighted by Gasteiger charge is -2.20. The van der Waals surface area contributed by atoms with Crippen LogP contribution in [0.3, 0.4) is 0 Å². The maximum Gasteiger partial charge on any atom is 0.159 e. The molecule has 0 unspecified atom stereocenters. The highest BCUT2D eigenvalue weighted by Crippen LogP contribution is 2.53. The molecule has 5 aromatic rings. The van der Waals surface area contributed by atoms with Crippen LogP contribution in [0.4, 0.5) is 0 Å². The van der Waals surface area contributed by atoms with Crippen molar-refractivity contribution in [1.82, 2.24) is 4.98 Å². The summed E-state index contributed by atoms with van der Waals surface area (Å²) in [6.45, 7) is 4.59. The van der Waals surface area contributed by atoms with Crippen LogP contribution in [-0.4, -0.2) is 4.98 Å². The molecule has 0 atom stereocenters. The van der Waals surface area contributed by atoms with Crippen molar-refractivity contribution < 1.29 is 4.42 Å². The van der Waals surface area contributed by atoms with Gasteiger partial charge in [0.15, 0.2) is 5.58 Å². The van der Waals surface area contributed by atoms with Gasteiger partial charge in [-0.05, 0) is 11.6 Å². The van der Waals surface area contributed by atoms with Gasteiger partial charge in [-0.25, -0.2) is 0 Å². The van der Waals surface area contributed by atoms with Gasteiger partial charge >= 0.3 is 0 Å². The summed E-state index contributed by atoms with van der Waals surface area (Å²) in [6.07, 6.45) is 0. The van der Waals surface area contributed by atoms with E-state index in [4.69, 9.17) is 4.42 Å².